The van der Waals surface area contributed by atoms with Crippen molar-refractivity contribution in [1.82, 2.24) is 0 Å². The van der Waals surface area contributed by atoms with Crippen LogP contribution in [0.1, 0.15) is 12.5 Å². The number of ether oxygens (including phenoxy) is 2. The summed E-state index contributed by atoms with van der Waals surface area (Å²) < 4.78 is 47.9. The Kier molecular flexibility index (Phi) is 3.48. The second-order valence-electron chi connectivity index (χ2n) is 3.46. The Labute approximate surface area is 92.0 Å². The molecule has 0 fully saturated rings. The summed E-state index contributed by atoms with van der Waals surface area (Å²) in [6, 6.07) is 5.63. The molecular formula is C11H13F3O2. The van der Waals surface area contributed by atoms with Crippen molar-refractivity contribution in [2.75, 3.05) is 14.2 Å². The van der Waals surface area contributed by atoms with E-state index in [1.807, 2.05) is 0 Å². The molecule has 1 atom stereocenters. The largest absolute Gasteiger partial charge is 0.497 e. The van der Waals surface area contributed by atoms with Gasteiger partial charge in [0.1, 0.15) is 5.75 Å². The van der Waals surface area contributed by atoms with E-state index in [9.17, 15) is 13.2 Å². The Balaban J connectivity index is 3.13. The molecule has 90 valence electrons. The van der Waals surface area contributed by atoms with E-state index in [1.54, 1.807) is 0 Å². The van der Waals surface area contributed by atoms with Gasteiger partial charge in [0.2, 0.25) is 0 Å². The molecule has 1 aromatic carbocycles. The lowest BCUT2D eigenvalue weighted by atomic mass is 9.95. The zero-order valence-corrected chi connectivity index (χ0v) is 9.26. The number of hydrogen-bond donors (Lipinski definition) is 0. The molecule has 16 heavy (non-hydrogen) atoms. The van der Waals surface area contributed by atoms with Crippen LogP contribution in [0.5, 0.6) is 5.75 Å². The number of halogens is 3. The Morgan fingerprint density at radius 2 is 1.50 bits per heavy atom. The molecule has 0 saturated carbocycles. The fourth-order valence-corrected chi connectivity index (χ4v) is 1.31. The van der Waals surface area contributed by atoms with Crippen LogP contribution in [0, 0.1) is 0 Å². The van der Waals surface area contributed by atoms with Crippen LogP contribution >= 0.6 is 0 Å². The molecule has 0 spiro atoms. The van der Waals surface area contributed by atoms with Gasteiger partial charge in [-0.05, 0) is 24.6 Å². The van der Waals surface area contributed by atoms with Crippen LogP contribution in [0.2, 0.25) is 0 Å². The number of methoxy groups -OCH3 is 2. The zero-order chi connectivity index (χ0) is 12.4. The van der Waals surface area contributed by atoms with E-state index in [2.05, 4.69) is 4.74 Å². The average molecular weight is 234 g/mol. The van der Waals surface area contributed by atoms with Crippen LogP contribution in [0.4, 0.5) is 13.2 Å². The van der Waals surface area contributed by atoms with Crippen molar-refractivity contribution in [1.29, 1.82) is 0 Å². The number of benzene rings is 1. The van der Waals surface area contributed by atoms with Gasteiger partial charge in [0.05, 0.1) is 7.11 Å². The second-order valence-corrected chi connectivity index (χ2v) is 3.46. The smallest absolute Gasteiger partial charge is 0.421 e. The summed E-state index contributed by atoms with van der Waals surface area (Å²) in [7, 11) is 2.49. The first-order chi connectivity index (χ1) is 7.35. The first-order valence-electron chi connectivity index (χ1n) is 4.61. The van der Waals surface area contributed by atoms with Gasteiger partial charge in [-0.1, -0.05) is 12.1 Å². The molecule has 0 heterocycles. The lowest BCUT2D eigenvalue weighted by molar-refractivity contribution is -0.269. The first kappa shape index (κ1) is 12.8. The lowest BCUT2D eigenvalue weighted by Crippen LogP contribution is -2.41. The molecule has 0 saturated heterocycles. The van der Waals surface area contributed by atoms with E-state index < -0.39 is 11.8 Å². The highest BCUT2D eigenvalue weighted by molar-refractivity contribution is 5.31. The van der Waals surface area contributed by atoms with E-state index in [0.717, 1.165) is 14.0 Å². The summed E-state index contributed by atoms with van der Waals surface area (Å²) >= 11 is 0. The third-order valence-electron chi connectivity index (χ3n) is 2.59. The third kappa shape index (κ3) is 2.14. The molecule has 0 bridgehead atoms. The predicted molar refractivity (Wildman–Crippen MR) is 53.4 cm³/mol. The topological polar surface area (TPSA) is 18.5 Å². The summed E-state index contributed by atoms with van der Waals surface area (Å²) in [4.78, 5) is 0. The monoisotopic (exact) mass is 234 g/mol. The summed E-state index contributed by atoms with van der Waals surface area (Å²) in [5.74, 6) is 0.504. The maximum Gasteiger partial charge on any atom is 0.421 e. The fourth-order valence-electron chi connectivity index (χ4n) is 1.31. The predicted octanol–water partition coefficient (Wildman–Crippen LogP) is 3.12. The highest BCUT2D eigenvalue weighted by Crippen LogP contribution is 2.41. The molecule has 1 unspecified atom stereocenters. The van der Waals surface area contributed by atoms with Crippen LogP contribution in [-0.4, -0.2) is 20.4 Å². The molecule has 1 rings (SSSR count). The van der Waals surface area contributed by atoms with E-state index in [1.165, 1.54) is 31.4 Å². The van der Waals surface area contributed by atoms with Crippen molar-refractivity contribution >= 4 is 0 Å². The van der Waals surface area contributed by atoms with Gasteiger partial charge in [-0.15, -0.1) is 0 Å². The van der Waals surface area contributed by atoms with Crippen LogP contribution in [0.3, 0.4) is 0 Å². The minimum atomic E-state index is -4.46. The molecule has 0 N–H and O–H groups in total. The Morgan fingerprint density at radius 1 is 1.00 bits per heavy atom. The van der Waals surface area contributed by atoms with Crippen molar-refractivity contribution in [2.24, 2.45) is 0 Å². The molecule has 0 aliphatic heterocycles. The van der Waals surface area contributed by atoms with Crippen molar-refractivity contribution in [3.05, 3.63) is 29.8 Å². The summed E-state index contributed by atoms with van der Waals surface area (Å²) in [6.45, 7) is 0.995. The minimum Gasteiger partial charge on any atom is -0.497 e. The Morgan fingerprint density at radius 3 is 1.81 bits per heavy atom. The normalized spacial score (nSPS) is 15.6. The van der Waals surface area contributed by atoms with Crippen molar-refractivity contribution in [3.63, 3.8) is 0 Å². The van der Waals surface area contributed by atoms with E-state index in [0.29, 0.717) is 5.75 Å². The molecule has 5 heteroatoms. The third-order valence-corrected chi connectivity index (χ3v) is 2.59. The van der Waals surface area contributed by atoms with Gasteiger partial charge < -0.3 is 9.47 Å². The standard InChI is InChI=1S/C11H13F3O2/c1-10(16-3,11(12,13)14)8-4-6-9(15-2)7-5-8/h4-7H,1-3H3. The molecule has 0 aliphatic carbocycles. The molecule has 0 aliphatic rings. The molecular weight excluding hydrogens is 221 g/mol. The Bertz CT molecular complexity index is 345. The molecule has 2 nitrogen and oxygen atoms in total. The van der Waals surface area contributed by atoms with Crippen LogP contribution < -0.4 is 4.74 Å². The second kappa shape index (κ2) is 4.33. The van der Waals surface area contributed by atoms with Gasteiger partial charge in [-0.3, -0.25) is 0 Å². The summed E-state index contributed by atoms with van der Waals surface area (Å²) in [5.41, 5.74) is -2.25. The molecule has 0 amide bonds. The molecule has 0 aromatic heterocycles. The molecule has 0 radical (unpaired) electrons. The minimum absolute atomic E-state index is 0.0447. The van der Waals surface area contributed by atoms with E-state index in [-0.39, 0.29) is 5.56 Å². The maximum absolute atomic E-state index is 12.8. The highest BCUT2D eigenvalue weighted by atomic mass is 19.4. The van der Waals surface area contributed by atoms with Crippen molar-refractivity contribution in [2.45, 2.75) is 18.7 Å². The quantitative estimate of drug-likeness (QED) is 0.800. The zero-order valence-electron chi connectivity index (χ0n) is 9.26. The number of alkyl halides is 3. The maximum atomic E-state index is 12.8. The van der Waals surface area contributed by atoms with Crippen molar-refractivity contribution < 1.29 is 22.6 Å². The molecule has 1 aromatic rings. The summed E-state index contributed by atoms with van der Waals surface area (Å²) in [6.07, 6.45) is -4.46. The van der Waals surface area contributed by atoms with Gasteiger partial charge in [0, 0.05) is 7.11 Å². The van der Waals surface area contributed by atoms with Crippen LogP contribution in [0.25, 0.3) is 0 Å². The van der Waals surface area contributed by atoms with Gasteiger partial charge in [0.25, 0.3) is 0 Å². The van der Waals surface area contributed by atoms with E-state index >= 15 is 0 Å². The van der Waals surface area contributed by atoms with Gasteiger partial charge >= 0.3 is 6.18 Å². The van der Waals surface area contributed by atoms with E-state index in [4.69, 9.17) is 4.74 Å². The lowest BCUT2D eigenvalue weighted by Gasteiger charge is -2.31. The SMILES string of the molecule is COc1ccc(C(C)(OC)C(F)(F)F)cc1. The highest BCUT2D eigenvalue weighted by Gasteiger charge is 2.52. The first-order valence-corrected chi connectivity index (χ1v) is 4.61. The average Bonchev–Trinajstić information content (AvgIpc) is 2.26. The van der Waals surface area contributed by atoms with Crippen LogP contribution in [0.15, 0.2) is 24.3 Å². The summed E-state index contributed by atoms with van der Waals surface area (Å²) in [5, 5.41) is 0. The fraction of sp³-hybridized carbons (Fsp3) is 0.455. The van der Waals surface area contributed by atoms with Gasteiger partial charge in [-0.25, -0.2) is 0 Å². The number of hydrogen-bond acceptors (Lipinski definition) is 2. The van der Waals surface area contributed by atoms with Crippen molar-refractivity contribution in [3.8, 4) is 5.75 Å². The van der Waals surface area contributed by atoms with Crippen LogP contribution in [-0.2, 0) is 10.3 Å². The number of rotatable bonds is 3. The Hall–Kier alpha value is -1.23. The van der Waals surface area contributed by atoms with Gasteiger partial charge in [0.15, 0.2) is 5.60 Å². The van der Waals surface area contributed by atoms with Gasteiger partial charge in [-0.2, -0.15) is 13.2 Å².